The van der Waals surface area contributed by atoms with Gasteiger partial charge < -0.3 is 5.32 Å². The summed E-state index contributed by atoms with van der Waals surface area (Å²) >= 11 is 0. The second-order valence-corrected chi connectivity index (χ2v) is 6.03. The predicted molar refractivity (Wildman–Crippen MR) is 73.9 cm³/mol. The lowest BCUT2D eigenvalue weighted by Crippen LogP contribution is -2.15. The molecule has 0 aliphatic heterocycles. The first-order chi connectivity index (χ1) is 8.76. The molecule has 0 amide bonds. The van der Waals surface area contributed by atoms with Crippen LogP contribution in [0.3, 0.4) is 0 Å². The van der Waals surface area contributed by atoms with Crippen LogP contribution in [-0.2, 0) is 0 Å². The van der Waals surface area contributed by atoms with E-state index in [9.17, 15) is 0 Å². The number of rotatable bonds is 3. The molecule has 1 heterocycles. The zero-order chi connectivity index (χ0) is 12.5. The van der Waals surface area contributed by atoms with Crippen molar-refractivity contribution in [3.05, 3.63) is 17.6 Å². The fourth-order valence-corrected chi connectivity index (χ4v) is 3.05. The van der Waals surface area contributed by atoms with E-state index in [1.54, 1.807) is 0 Å². The minimum atomic E-state index is 0.583. The Balaban J connectivity index is 1.87. The first-order valence-corrected chi connectivity index (χ1v) is 7.33. The highest BCUT2D eigenvalue weighted by atomic mass is 15.0. The van der Waals surface area contributed by atoms with Gasteiger partial charge in [0.15, 0.2) is 0 Å². The Morgan fingerprint density at radius 1 is 1.11 bits per heavy atom. The van der Waals surface area contributed by atoms with Crippen LogP contribution < -0.4 is 5.32 Å². The minimum Gasteiger partial charge on any atom is -0.373 e. The maximum atomic E-state index is 4.85. The Kier molecular flexibility index (Phi) is 3.23. The third-order valence-corrected chi connectivity index (χ3v) is 4.32. The summed E-state index contributed by atoms with van der Waals surface area (Å²) in [5, 5.41) is 3.19. The summed E-state index contributed by atoms with van der Waals surface area (Å²) in [6.45, 7) is 2.36. The molecule has 0 radical (unpaired) electrons. The Labute approximate surface area is 109 Å². The van der Waals surface area contributed by atoms with Gasteiger partial charge in [0.2, 0.25) is 0 Å². The number of aromatic nitrogens is 2. The molecule has 2 unspecified atom stereocenters. The zero-order valence-electron chi connectivity index (χ0n) is 11.4. The lowest BCUT2D eigenvalue weighted by atomic mass is 9.82. The number of hydrogen-bond donors (Lipinski definition) is 1. The van der Waals surface area contributed by atoms with Crippen LogP contribution in [0, 0.1) is 5.92 Å². The minimum absolute atomic E-state index is 0.583. The highest BCUT2D eigenvalue weighted by Gasteiger charge is 2.28. The molecule has 3 nitrogen and oxygen atoms in total. The largest absolute Gasteiger partial charge is 0.373 e. The van der Waals surface area contributed by atoms with Gasteiger partial charge in [-0.15, -0.1) is 0 Å². The maximum absolute atomic E-state index is 4.85. The summed E-state index contributed by atoms with van der Waals surface area (Å²) in [6.07, 6.45) is 7.84. The molecule has 18 heavy (non-hydrogen) atoms. The first-order valence-electron chi connectivity index (χ1n) is 7.33. The van der Waals surface area contributed by atoms with E-state index < -0.39 is 0 Å². The van der Waals surface area contributed by atoms with Gasteiger partial charge in [0.05, 0.1) is 0 Å². The highest BCUT2D eigenvalue weighted by Crippen LogP contribution is 2.41. The molecule has 2 saturated carbocycles. The molecule has 2 aliphatic carbocycles. The normalized spacial score (nSPS) is 28.1. The van der Waals surface area contributed by atoms with Crippen molar-refractivity contribution < 1.29 is 0 Å². The maximum Gasteiger partial charge on any atom is 0.134 e. The molecule has 1 aromatic rings. The molecule has 1 N–H and O–H groups in total. The van der Waals surface area contributed by atoms with Gasteiger partial charge in [-0.3, -0.25) is 0 Å². The zero-order valence-corrected chi connectivity index (χ0v) is 11.4. The molecule has 0 saturated heterocycles. The Morgan fingerprint density at radius 3 is 2.61 bits per heavy atom. The van der Waals surface area contributed by atoms with E-state index in [2.05, 4.69) is 18.3 Å². The van der Waals surface area contributed by atoms with Crippen LogP contribution in [0.25, 0.3) is 0 Å². The van der Waals surface area contributed by atoms with Gasteiger partial charge in [0, 0.05) is 30.6 Å². The summed E-state index contributed by atoms with van der Waals surface area (Å²) in [4.78, 5) is 9.55. The monoisotopic (exact) mass is 245 g/mol. The van der Waals surface area contributed by atoms with E-state index in [-0.39, 0.29) is 0 Å². The third-order valence-electron chi connectivity index (χ3n) is 4.32. The standard InChI is InChI=1S/C15H23N3/c1-10-4-3-5-12(8-10)15-17-13(11-6-7-11)9-14(16-2)18-15/h9-12H,3-8H2,1-2H3,(H,16,17,18). The van der Waals surface area contributed by atoms with Gasteiger partial charge in [-0.2, -0.15) is 0 Å². The van der Waals surface area contributed by atoms with Crippen LogP contribution >= 0.6 is 0 Å². The lowest BCUT2D eigenvalue weighted by Gasteiger charge is -2.26. The summed E-state index contributed by atoms with van der Waals surface area (Å²) in [6, 6.07) is 2.13. The molecule has 0 bridgehead atoms. The van der Waals surface area contributed by atoms with E-state index in [0.717, 1.165) is 17.6 Å². The molecule has 1 aromatic heterocycles. The van der Waals surface area contributed by atoms with E-state index in [1.807, 2.05) is 7.05 Å². The van der Waals surface area contributed by atoms with Crippen molar-refractivity contribution in [3.63, 3.8) is 0 Å². The number of hydrogen-bond acceptors (Lipinski definition) is 3. The number of nitrogens with one attached hydrogen (secondary N) is 1. The van der Waals surface area contributed by atoms with Crippen LogP contribution in [0.4, 0.5) is 5.82 Å². The van der Waals surface area contributed by atoms with Gasteiger partial charge in [-0.25, -0.2) is 9.97 Å². The second-order valence-electron chi connectivity index (χ2n) is 6.03. The van der Waals surface area contributed by atoms with Crippen LogP contribution in [0.15, 0.2) is 6.07 Å². The summed E-state index contributed by atoms with van der Waals surface area (Å²) in [5.74, 6) is 4.21. The number of nitrogens with zero attached hydrogens (tertiary/aromatic N) is 2. The van der Waals surface area contributed by atoms with Crippen LogP contribution in [0.2, 0.25) is 0 Å². The van der Waals surface area contributed by atoms with Gasteiger partial charge in [0.25, 0.3) is 0 Å². The van der Waals surface area contributed by atoms with Crippen molar-refractivity contribution >= 4 is 5.82 Å². The van der Waals surface area contributed by atoms with Crippen molar-refractivity contribution in [2.45, 2.75) is 57.3 Å². The van der Waals surface area contributed by atoms with E-state index >= 15 is 0 Å². The fraction of sp³-hybridized carbons (Fsp3) is 0.733. The molecule has 0 spiro atoms. The molecule has 2 fully saturated rings. The third kappa shape index (κ3) is 2.50. The van der Waals surface area contributed by atoms with Gasteiger partial charge in [0.1, 0.15) is 11.6 Å². The van der Waals surface area contributed by atoms with Crippen LogP contribution in [-0.4, -0.2) is 17.0 Å². The molecular weight excluding hydrogens is 222 g/mol. The second kappa shape index (κ2) is 4.87. The molecule has 0 aromatic carbocycles. The first kappa shape index (κ1) is 11.9. The predicted octanol–water partition coefficient (Wildman–Crippen LogP) is 3.69. The van der Waals surface area contributed by atoms with E-state index in [0.29, 0.717) is 11.8 Å². The topological polar surface area (TPSA) is 37.8 Å². The van der Waals surface area contributed by atoms with Crippen molar-refractivity contribution in [2.24, 2.45) is 5.92 Å². The Hall–Kier alpha value is -1.12. The molecule has 3 heteroatoms. The van der Waals surface area contributed by atoms with E-state index in [4.69, 9.17) is 9.97 Å². The van der Waals surface area contributed by atoms with Crippen molar-refractivity contribution in [2.75, 3.05) is 12.4 Å². The smallest absolute Gasteiger partial charge is 0.134 e. The summed E-state index contributed by atoms with van der Waals surface area (Å²) in [5.41, 5.74) is 1.27. The summed E-state index contributed by atoms with van der Waals surface area (Å²) in [7, 11) is 1.95. The van der Waals surface area contributed by atoms with Crippen molar-refractivity contribution in [1.82, 2.24) is 9.97 Å². The summed E-state index contributed by atoms with van der Waals surface area (Å²) < 4.78 is 0. The SMILES string of the molecule is CNc1cc(C2CC2)nc(C2CCCC(C)C2)n1. The Bertz CT molecular complexity index is 426. The average molecular weight is 245 g/mol. The lowest BCUT2D eigenvalue weighted by molar-refractivity contribution is 0.335. The molecule has 98 valence electrons. The van der Waals surface area contributed by atoms with Crippen molar-refractivity contribution in [1.29, 1.82) is 0 Å². The van der Waals surface area contributed by atoms with Crippen LogP contribution in [0.1, 0.15) is 68.8 Å². The van der Waals surface area contributed by atoms with Gasteiger partial charge in [-0.05, 0) is 31.6 Å². The number of anilines is 1. The Morgan fingerprint density at radius 2 is 1.94 bits per heavy atom. The molecule has 2 aliphatic rings. The molecule has 2 atom stereocenters. The highest BCUT2D eigenvalue weighted by molar-refractivity contribution is 5.37. The average Bonchev–Trinajstić information content (AvgIpc) is 3.22. The fourth-order valence-electron chi connectivity index (χ4n) is 3.05. The van der Waals surface area contributed by atoms with Gasteiger partial charge in [-0.1, -0.05) is 19.8 Å². The van der Waals surface area contributed by atoms with Crippen LogP contribution in [0.5, 0.6) is 0 Å². The molecular formula is C15H23N3. The molecule has 3 rings (SSSR count). The van der Waals surface area contributed by atoms with E-state index in [1.165, 1.54) is 44.2 Å². The quantitative estimate of drug-likeness (QED) is 0.882. The van der Waals surface area contributed by atoms with Gasteiger partial charge >= 0.3 is 0 Å². The van der Waals surface area contributed by atoms with Crippen molar-refractivity contribution in [3.8, 4) is 0 Å².